The third kappa shape index (κ3) is 1.96. The van der Waals surface area contributed by atoms with Crippen LogP contribution in [0.4, 0.5) is 5.69 Å². The number of rotatable bonds is 3. The molecule has 1 aromatic carbocycles. The van der Waals surface area contributed by atoms with E-state index in [1.165, 1.54) is 12.1 Å². The van der Waals surface area contributed by atoms with Gasteiger partial charge in [0.2, 0.25) is 0 Å². The highest BCUT2D eigenvalue weighted by atomic mass is 16.6. The molecule has 1 rings (SSSR count). The minimum Gasteiger partial charge on any atom is -0.294 e. The van der Waals surface area contributed by atoms with Crippen molar-refractivity contribution in [1.29, 1.82) is 0 Å². The average molecular weight is 193 g/mol. The van der Waals surface area contributed by atoms with Gasteiger partial charge in [-0.15, -0.1) is 0 Å². The number of nitrogens with zero attached hydrogens (tertiary/aromatic N) is 1. The van der Waals surface area contributed by atoms with E-state index in [4.69, 9.17) is 0 Å². The first-order chi connectivity index (χ1) is 6.54. The van der Waals surface area contributed by atoms with Crippen LogP contribution >= 0.6 is 0 Å². The van der Waals surface area contributed by atoms with Crippen LogP contribution < -0.4 is 0 Å². The molecule has 0 spiro atoms. The van der Waals surface area contributed by atoms with Gasteiger partial charge in [0.05, 0.1) is 10.5 Å². The lowest BCUT2D eigenvalue weighted by Crippen LogP contribution is -2.09. The van der Waals surface area contributed by atoms with Gasteiger partial charge in [0.15, 0.2) is 5.78 Å². The maximum Gasteiger partial charge on any atom is 0.280 e. The molecule has 0 N–H and O–H groups in total. The average Bonchev–Trinajstić information content (AvgIpc) is 2.16. The summed E-state index contributed by atoms with van der Waals surface area (Å²) in [6, 6.07) is 6.01. The van der Waals surface area contributed by atoms with Gasteiger partial charge in [-0.25, -0.2) is 0 Å². The zero-order chi connectivity index (χ0) is 10.7. The smallest absolute Gasteiger partial charge is 0.280 e. The number of benzene rings is 1. The molecule has 0 bridgehead atoms. The SMILES string of the molecule is CC(C)C(=O)c1ccccc1[N+](=O)[O-]. The van der Waals surface area contributed by atoms with Crippen molar-refractivity contribution in [2.45, 2.75) is 13.8 Å². The fraction of sp³-hybridized carbons (Fsp3) is 0.300. The lowest BCUT2D eigenvalue weighted by atomic mass is 10.00. The van der Waals surface area contributed by atoms with Crippen LogP contribution in [0.5, 0.6) is 0 Å². The number of nitro benzene ring substituents is 1. The number of hydrogen-bond donors (Lipinski definition) is 0. The lowest BCUT2D eigenvalue weighted by Gasteiger charge is -2.03. The second-order valence-corrected chi connectivity index (χ2v) is 3.29. The lowest BCUT2D eigenvalue weighted by molar-refractivity contribution is -0.385. The fourth-order valence-electron chi connectivity index (χ4n) is 1.15. The van der Waals surface area contributed by atoms with Gasteiger partial charge < -0.3 is 0 Å². The maximum absolute atomic E-state index is 11.6. The van der Waals surface area contributed by atoms with E-state index in [1.54, 1.807) is 26.0 Å². The third-order valence-electron chi connectivity index (χ3n) is 1.89. The Balaban J connectivity index is 3.20. The Hall–Kier alpha value is -1.71. The van der Waals surface area contributed by atoms with Crippen LogP contribution in [0.2, 0.25) is 0 Å². The minimum absolute atomic E-state index is 0.119. The summed E-state index contributed by atoms with van der Waals surface area (Å²) in [6.45, 7) is 3.44. The number of carbonyl (C=O) groups excluding carboxylic acids is 1. The Bertz CT molecular complexity index is 371. The van der Waals surface area contributed by atoms with Gasteiger partial charge in [-0.2, -0.15) is 0 Å². The fourth-order valence-corrected chi connectivity index (χ4v) is 1.15. The molecule has 0 aliphatic rings. The highest BCUT2D eigenvalue weighted by molar-refractivity contribution is 6.00. The molecule has 0 heterocycles. The maximum atomic E-state index is 11.6. The van der Waals surface area contributed by atoms with Crippen molar-refractivity contribution in [3.05, 3.63) is 39.9 Å². The summed E-state index contributed by atoms with van der Waals surface area (Å²) in [7, 11) is 0. The largest absolute Gasteiger partial charge is 0.294 e. The highest BCUT2D eigenvalue weighted by Gasteiger charge is 2.20. The molecule has 4 nitrogen and oxygen atoms in total. The first kappa shape index (κ1) is 10.4. The molecule has 0 aromatic heterocycles. The van der Waals surface area contributed by atoms with Gasteiger partial charge in [0.25, 0.3) is 5.69 Å². The summed E-state index contributed by atoms with van der Waals surface area (Å²) in [5.41, 5.74) is 0.0682. The van der Waals surface area contributed by atoms with Gasteiger partial charge >= 0.3 is 0 Å². The topological polar surface area (TPSA) is 60.2 Å². The number of hydrogen-bond acceptors (Lipinski definition) is 3. The Kier molecular flexibility index (Phi) is 2.96. The van der Waals surface area contributed by atoms with Crippen molar-refractivity contribution < 1.29 is 9.72 Å². The van der Waals surface area contributed by atoms with Gasteiger partial charge in [-0.3, -0.25) is 14.9 Å². The summed E-state index contributed by atoms with van der Waals surface area (Å²) in [5, 5.41) is 10.6. The molecule has 0 unspecified atom stereocenters. The van der Waals surface area contributed by atoms with Crippen molar-refractivity contribution in [2.24, 2.45) is 5.92 Å². The van der Waals surface area contributed by atoms with E-state index in [1.807, 2.05) is 0 Å². The van der Waals surface area contributed by atoms with Crippen LogP contribution in [0.15, 0.2) is 24.3 Å². The van der Waals surface area contributed by atoms with E-state index in [-0.39, 0.29) is 23.0 Å². The monoisotopic (exact) mass is 193 g/mol. The highest BCUT2D eigenvalue weighted by Crippen LogP contribution is 2.20. The molecule has 0 aliphatic carbocycles. The predicted molar refractivity (Wildman–Crippen MR) is 52.3 cm³/mol. The Morgan fingerprint density at radius 1 is 1.36 bits per heavy atom. The molecule has 14 heavy (non-hydrogen) atoms. The number of ketones is 1. The van der Waals surface area contributed by atoms with E-state index < -0.39 is 4.92 Å². The molecule has 1 aromatic rings. The summed E-state index contributed by atoms with van der Waals surface area (Å²) in [4.78, 5) is 21.6. The van der Waals surface area contributed by atoms with Crippen molar-refractivity contribution in [2.75, 3.05) is 0 Å². The minimum atomic E-state index is -0.532. The quantitative estimate of drug-likeness (QED) is 0.420. The molecule has 0 radical (unpaired) electrons. The predicted octanol–water partition coefficient (Wildman–Crippen LogP) is 2.43. The van der Waals surface area contributed by atoms with E-state index >= 15 is 0 Å². The second-order valence-electron chi connectivity index (χ2n) is 3.29. The molecule has 0 aliphatic heterocycles. The van der Waals surface area contributed by atoms with Crippen molar-refractivity contribution >= 4 is 11.5 Å². The molecule has 0 atom stereocenters. The molecule has 74 valence electrons. The van der Waals surface area contributed by atoms with Crippen LogP contribution in [0.1, 0.15) is 24.2 Å². The zero-order valence-electron chi connectivity index (χ0n) is 8.06. The standard InChI is InChI=1S/C10H11NO3/c1-7(2)10(12)8-5-3-4-6-9(8)11(13)14/h3-7H,1-2H3. The van der Waals surface area contributed by atoms with Gasteiger partial charge in [-0.05, 0) is 6.07 Å². The van der Waals surface area contributed by atoms with Gasteiger partial charge in [0, 0.05) is 12.0 Å². The normalized spacial score (nSPS) is 10.2. The number of Topliss-reactive ketones (excluding diaryl/α,β-unsaturated/α-hetero) is 1. The van der Waals surface area contributed by atoms with Gasteiger partial charge in [0.1, 0.15) is 0 Å². The molecular weight excluding hydrogens is 182 g/mol. The van der Waals surface area contributed by atoms with Crippen molar-refractivity contribution in [1.82, 2.24) is 0 Å². The summed E-state index contributed by atoms with van der Waals surface area (Å²) in [6.07, 6.45) is 0. The molecule has 0 saturated heterocycles. The molecule has 0 saturated carbocycles. The van der Waals surface area contributed by atoms with E-state index in [0.717, 1.165) is 0 Å². The summed E-state index contributed by atoms with van der Waals surface area (Å²) in [5.74, 6) is -0.423. The Morgan fingerprint density at radius 2 is 1.93 bits per heavy atom. The molecule has 0 amide bonds. The number of carbonyl (C=O) groups is 1. The molecule has 4 heteroatoms. The summed E-state index contributed by atoms with van der Waals surface area (Å²) < 4.78 is 0. The van der Waals surface area contributed by atoms with Crippen molar-refractivity contribution in [3.63, 3.8) is 0 Å². The second kappa shape index (κ2) is 4.00. The first-order valence-corrected chi connectivity index (χ1v) is 4.31. The summed E-state index contributed by atoms with van der Waals surface area (Å²) >= 11 is 0. The number of nitro groups is 1. The van der Waals surface area contributed by atoms with Crippen LogP contribution in [-0.4, -0.2) is 10.7 Å². The Labute approximate surface area is 81.7 Å². The van der Waals surface area contributed by atoms with E-state index in [9.17, 15) is 14.9 Å². The zero-order valence-corrected chi connectivity index (χ0v) is 8.06. The molecule has 0 fully saturated rings. The number of para-hydroxylation sites is 1. The van der Waals surface area contributed by atoms with Crippen LogP contribution in [0.3, 0.4) is 0 Å². The van der Waals surface area contributed by atoms with Gasteiger partial charge in [-0.1, -0.05) is 26.0 Å². The Morgan fingerprint density at radius 3 is 2.43 bits per heavy atom. The molecular formula is C10H11NO3. The van der Waals surface area contributed by atoms with E-state index in [2.05, 4.69) is 0 Å². The van der Waals surface area contributed by atoms with Crippen LogP contribution in [-0.2, 0) is 0 Å². The third-order valence-corrected chi connectivity index (χ3v) is 1.89. The first-order valence-electron chi connectivity index (χ1n) is 4.31. The van der Waals surface area contributed by atoms with Crippen LogP contribution in [0.25, 0.3) is 0 Å². The van der Waals surface area contributed by atoms with E-state index in [0.29, 0.717) is 0 Å². The van der Waals surface area contributed by atoms with Crippen LogP contribution in [0, 0.1) is 16.0 Å². The van der Waals surface area contributed by atoms with Crippen molar-refractivity contribution in [3.8, 4) is 0 Å².